The highest BCUT2D eigenvalue weighted by Crippen LogP contribution is 2.20. The lowest BCUT2D eigenvalue weighted by Gasteiger charge is -2.05. The third-order valence-electron chi connectivity index (χ3n) is 3.95. The van der Waals surface area contributed by atoms with Crippen molar-refractivity contribution >= 4 is 21.8 Å². The first-order valence-corrected chi connectivity index (χ1v) is 7.30. The van der Waals surface area contributed by atoms with Gasteiger partial charge in [0.2, 0.25) is 0 Å². The van der Waals surface area contributed by atoms with E-state index in [9.17, 15) is 0 Å². The molecule has 0 aliphatic carbocycles. The zero-order valence-corrected chi connectivity index (χ0v) is 11.7. The molecule has 0 bridgehead atoms. The van der Waals surface area contributed by atoms with Gasteiger partial charge in [-0.1, -0.05) is 54.6 Å². The monoisotopic (exact) mass is 272 g/mol. The number of rotatable bonds is 3. The van der Waals surface area contributed by atoms with Crippen LogP contribution in [0.15, 0.2) is 66.7 Å². The molecule has 2 heteroatoms. The summed E-state index contributed by atoms with van der Waals surface area (Å²) in [5, 5.41) is 2.65. The van der Waals surface area contributed by atoms with Crippen molar-refractivity contribution in [2.75, 3.05) is 0 Å². The van der Waals surface area contributed by atoms with Gasteiger partial charge in [-0.05, 0) is 34.9 Å². The predicted molar refractivity (Wildman–Crippen MR) is 87.4 cm³/mol. The van der Waals surface area contributed by atoms with Crippen LogP contribution in [-0.2, 0) is 12.8 Å². The minimum absolute atomic E-state index is 0.933. The molecule has 0 saturated carbocycles. The summed E-state index contributed by atoms with van der Waals surface area (Å²) in [5.41, 5.74) is 3.55. The van der Waals surface area contributed by atoms with Gasteiger partial charge in [0.05, 0.1) is 11.0 Å². The first-order valence-electron chi connectivity index (χ1n) is 7.30. The van der Waals surface area contributed by atoms with E-state index in [-0.39, 0.29) is 0 Å². The number of hydrogen-bond acceptors (Lipinski definition) is 1. The highest BCUT2D eigenvalue weighted by atomic mass is 14.9. The SMILES string of the molecule is c1ccc2c(CCc3nc4ccccc4[nH]3)cccc2c1. The van der Waals surface area contributed by atoms with Crippen molar-refractivity contribution in [2.24, 2.45) is 0 Å². The highest BCUT2D eigenvalue weighted by molar-refractivity contribution is 5.85. The Morgan fingerprint density at radius 3 is 2.52 bits per heavy atom. The van der Waals surface area contributed by atoms with Gasteiger partial charge in [-0.3, -0.25) is 0 Å². The molecular weight excluding hydrogens is 256 g/mol. The summed E-state index contributed by atoms with van der Waals surface area (Å²) in [6.07, 6.45) is 1.93. The summed E-state index contributed by atoms with van der Waals surface area (Å²) in [6.45, 7) is 0. The fourth-order valence-corrected chi connectivity index (χ4v) is 2.89. The van der Waals surface area contributed by atoms with Gasteiger partial charge < -0.3 is 4.98 Å². The Morgan fingerprint density at radius 1 is 0.762 bits per heavy atom. The Kier molecular flexibility index (Phi) is 2.93. The number of nitrogens with zero attached hydrogens (tertiary/aromatic N) is 1. The van der Waals surface area contributed by atoms with Crippen LogP contribution in [0.25, 0.3) is 21.8 Å². The molecule has 0 saturated heterocycles. The van der Waals surface area contributed by atoms with Crippen LogP contribution in [0.5, 0.6) is 0 Å². The van der Waals surface area contributed by atoms with Gasteiger partial charge in [-0.25, -0.2) is 4.98 Å². The third kappa shape index (κ3) is 2.29. The van der Waals surface area contributed by atoms with Crippen molar-refractivity contribution in [3.05, 3.63) is 78.1 Å². The van der Waals surface area contributed by atoms with Crippen molar-refractivity contribution in [1.29, 1.82) is 0 Å². The molecule has 0 amide bonds. The van der Waals surface area contributed by atoms with Gasteiger partial charge in [-0.15, -0.1) is 0 Å². The molecule has 0 aliphatic heterocycles. The lowest BCUT2D eigenvalue weighted by atomic mass is 10.0. The molecule has 1 aromatic heterocycles. The van der Waals surface area contributed by atoms with E-state index < -0.39 is 0 Å². The van der Waals surface area contributed by atoms with Gasteiger partial charge in [0.25, 0.3) is 0 Å². The maximum Gasteiger partial charge on any atom is 0.107 e. The van der Waals surface area contributed by atoms with Crippen LogP contribution in [0.3, 0.4) is 0 Å². The first-order chi connectivity index (χ1) is 10.4. The minimum atomic E-state index is 0.933. The number of H-pyrrole nitrogens is 1. The van der Waals surface area contributed by atoms with E-state index in [1.807, 2.05) is 18.2 Å². The topological polar surface area (TPSA) is 28.7 Å². The Balaban J connectivity index is 1.63. The van der Waals surface area contributed by atoms with E-state index in [0.29, 0.717) is 0 Å². The number of benzene rings is 3. The average molecular weight is 272 g/mol. The molecule has 4 aromatic rings. The van der Waals surface area contributed by atoms with Gasteiger partial charge in [0.15, 0.2) is 0 Å². The lowest BCUT2D eigenvalue weighted by Crippen LogP contribution is -1.94. The second-order valence-corrected chi connectivity index (χ2v) is 5.34. The van der Waals surface area contributed by atoms with E-state index in [2.05, 4.69) is 58.5 Å². The molecule has 0 spiro atoms. The Bertz CT molecular complexity index is 867. The molecule has 0 aliphatic rings. The van der Waals surface area contributed by atoms with E-state index in [0.717, 1.165) is 29.7 Å². The van der Waals surface area contributed by atoms with Crippen LogP contribution in [-0.4, -0.2) is 9.97 Å². The largest absolute Gasteiger partial charge is 0.342 e. The number of aromatic amines is 1. The van der Waals surface area contributed by atoms with Gasteiger partial charge in [0.1, 0.15) is 5.82 Å². The predicted octanol–water partition coefficient (Wildman–Crippen LogP) is 4.50. The summed E-state index contributed by atoms with van der Waals surface area (Å²) in [7, 11) is 0. The molecule has 1 heterocycles. The lowest BCUT2D eigenvalue weighted by molar-refractivity contribution is 0.896. The quantitative estimate of drug-likeness (QED) is 0.584. The zero-order chi connectivity index (χ0) is 14.1. The minimum Gasteiger partial charge on any atom is -0.342 e. The maximum atomic E-state index is 4.65. The smallest absolute Gasteiger partial charge is 0.107 e. The van der Waals surface area contributed by atoms with Crippen LogP contribution in [0.2, 0.25) is 0 Å². The molecule has 1 N–H and O–H groups in total. The Labute approximate surface area is 123 Å². The van der Waals surface area contributed by atoms with Crippen molar-refractivity contribution in [1.82, 2.24) is 9.97 Å². The van der Waals surface area contributed by atoms with E-state index in [1.54, 1.807) is 0 Å². The fraction of sp³-hybridized carbons (Fsp3) is 0.105. The number of nitrogens with one attached hydrogen (secondary N) is 1. The number of aryl methyl sites for hydroxylation is 2. The maximum absolute atomic E-state index is 4.65. The van der Waals surface area contributed by atoms with Gasteiger partial charge in [-0.2, -0.15) is 0 Å². The molecule has 0 fully saturated rings. The number of aromatic nitrogens is 2. The number of para-hydroxylation sites is 2. The molecule has 4 rings (SSSR count). The van der Waals surface area contributed by atoms with Crippen LogP contribution >= 0.6 is 0 Å². The summed E-state index contributed by atoms with van der Waals surface area (Å²) in [5.74, 6) is 1.06. The summed E-state index contributed by atoms with van der Waals surface area (Å²) in [4.78, 5) is 8.06. The van der Waals surface area contributed by atoms with Crippen molar-refractivity contribution in [3.63, 3.8) is 0 Å². The van der Waals surface area contributed by atoms with Crippen molar-refractivity contribution in [2.45, 2.75) is 12.8 Å². The molecule has 3 aromatic carbocycles. The summed E-state index contributed by atoms with van der Waals surface area (Å²) < 4.78 is 0. The number of imidazole rings is 1. The normalized spacial score (nSPS) is 11.2. The van der Waals surface area contributed by atoms with Gasteiger partial charge in [0, 0.05) is 6.42 Å². The molecule has 2 nitrogen and oxygen atoms in total. The highest BCUT2D eigenvalue weighted by Gasteiger charge is 2.04. The standard InChI is InChI=1S/C19H16N2/c1-2-9-16-14(6-1)7-5-8-15(16)12-13-19-20-17-10-3-4-11-18(17)21-19/h1-11H,12-13H2,(H,20,21). The molecule has 0 atom stereocenters. The van der Waals surface area contributed by atoms with Crippen LogP contribution in [0, 0.1) is 0 Å². The van der Waals surface area contributed by atoms with Gasteiger partial charge >= 0.3 is 0 Å². The Morgan fingerprint density at radius 2 is 1.57 bits per heavy atom. The molecule has 21 heavy (non-hydrogen) atoms. The first kappa shape index (κ1) is 12.2. The van der Waals surface area contributed by atoms with Crippen molar-refractivity contribution < 1.29 is 0 Å². The molecule has 0 radical (unpaired) electrons. The molecule has 102 valence electrons. The fourth-order valence-electron chi connectivity index (χ4n) is 2.89. The van der Waals surface area contributed by atoms with E-state index in [4.69, 9.17) is 0 Å². The van der Waals surface area contributed by atoms with E-state index in [1.165, 1.54) is 16.3 Å². The summed E-state index contributed by atoms with van der Waals surface area (Å²) in [6, 6.07) is 23.3. The van der Waals surface area contributed by atoms with Crippen LogP contribution in [0.4, 0.5) is 0 Å². The zero-order valence-electron chi connectivity index (χ0n) is 11.7. The third-order valence-corrected chi connectivity index (χ3v) is 3.95. The average Bonchev–Trinajstić information content (AvgIpc) is 2.96. The van der Waals surface area contributed by atoms with E-state index >= 15 is 0 Å². The van der Waals surface area contributed by atoms with Crippen LogP contribution < -0.4 is 0 Å². The second kappa shape index (κ2) is 5.06. The number of fused-ring (bicyclic) bond motifs is 2. The number of hydrogen-bond donors (Lipinski definition) is 1. The second-order valence-electron chi connectivity index (χ2n) is 5.34. The van der Waals surface area contributed by atoms with Crippen LogP contribution in [0.1, 0.15) is 11.4 Å². The summed E-state index contributed by atoms with van der Waals surface area (Å²) >= 11 is 0. The van der Waals surface area contributed by atoms with Crippen molar-refractivity contribution in [3.8, 4) is 0 Å². The molecule has 0 unspecified atom stereocenters. The molecular formula is C19H16N2. The Hall–Kier alpha value is -2.61.